The molecule has 1 aliphatic heterocycles. The molecule has 2 N–H and O–H groups in total. The van der Waals surface area contributed by atoms with Crippen molar-refractivity contribution in [3.05, 3.63) is 39.9 Å². The van der Waals surface area contributed by atoms with Crippen molar-refractivity contribution in [2.75, 3.05) is 0 Å². The van der Waals surface area contributed by atoms with E-state index in [1.165, 1.54) is 16.9 Å². The minimum atomic E-state index is -1.23. The monoisotopic (exact) mass is 503 g/mol. The van der Waals surface area contributed by atoms with Crippen LogP contribution >= 0.6 is 11.3 Å². The van der Waals surface area contributed by atoms with Gasteiger partial charge in [-0.1, -0.05) is 45.9 Å². The van der Waals surface area contributed by atoms with Crippen LogP contribution in [0.2, 0.25) is 0 Å². The Morgan fingerprint density at radius 3 is 2.60 bits per heavy atom. The maximum Gasteiger partial charge on any atom is 0.309 e. The van der Waals surface area contributed by atoms with Gasteiger partial charge < -0.3 is 14.9 Å². The molecule has 0 fully saturated rings. The Morgan fingerprint density at radius 1 is 1.29 bits per heavy atom. The molecule has 0 aromatic carbocycles. The quantitative estimate of drug-likeness (QED) is 0.412. The highest BCUT2D eigenvalue weighted by molar-refractivity contribution is 7.10. The van der Waals surface area contributed by atoms with E-state index in [0.29, 0.717) is 6.42 Å². The summed E-state index contributed by atoms with van der Waals surface area (Å²) >= 11 is 1.49. The first-order valence-electron chi connectivity index (χ1n) is 12.4. The summed E-state index contributed by atoms with van der Waals surface area (Å²) in [6.07, 6.45) is 5.89. The summed E-state index contributed by atoms with van der Waals surface area (Å²) in [6.45, 7) is 14.6. The molecule has 2 heterocycles. The van der Waals surface area contributed by atoms with E-state index in [1.54, 1.807) is 26.8 Å². The molecule has 0 saturated carbocycles. The third kappa shape index (κ3) is 7.95. The molecule has 6 nitrogen and oxygen atoms in total. The summed E-state index contributed by atoms with van der Waals surface area (Å²) in [5.41, 5.74) is 1.61. The van der Waals surface area contributed by atoms with Crippen molar-refractivity contribution in [2.24, 2.45) is 17.3 Å². The van der Waals surface area contributed by atoms with Crippen molar-refractivity contribution in [2.45, 2.75) is 92.0 Å². The van der Waals surface area contributed by atoms with Gasteiger partial charge in [0.1, 0.15) is 16.9 Å². The number of ether oxygens (including phenoxy) is 1. The molecule has 1 aromatic rings. The number of nitrogens with zero attached hydrogens (tertiary/aromatic N) is 1. The largest absolute Gasteiger partial charge is 0.457 e. The van der Waals surface area contributed by atoms with E-state index in [4.69, 9.17) is 4.74 Å². The zero-order valence-corrected chi connectivity index (χ0v) is 22.7. The highest BCUT2D eigenvalue weighted by atomic mass is 32.1. The highest BCUT2D eigenvalue weighted by Gasteiger charge is 2.42. The minimum Gasteiger partial charge on any atom is -0.457 e. The Hall–Kier alpha value is -2.09. The number of aromatic nitrogens is 1. The van der Waals surface area contributed by atoms with Crippen LogP contribution in [0, 0.1) is 17.3 Å². The fourth-order valence-electron chi connectivity index (χ4n) is 4.42. The van der Waals surface area contributed by atoms with Gasteiger partial charge in [0.05, 0.1) is 29.7 Å². The molecule has 0 bridgehead atoms. The van der Waals surface area contributed by atoms with E-state index >= 15 is 0 Å². The Balaban J connectivity index is 2.34. The van der Waals surface area contributed by atoms with Crippen LogP contribution in [0.3, 0.4) is 0 Å². The van der Waals surface area contributed by atoms with Gasteiger partial charge in [0.15, 0.2) is 0 Å². The summed E-state index contributed by atoms with van der Waals surface area (Å²) in [5.74, 6) is -1.52. The van der Waals surface area contributed by atoms with Crippen LogP contribution in [0.5, 0.6) is 0 Å². The van der Waals surface area contributed by atoms with E-state index in [9.17, 15) is 19.8 Å². The van der Waals surface area contributed by atoms with E-state index in [0.717, 1.165) is 35.5 Å². The van der Waals surface area contributed by atoms with Gasteiger partial charge >= 0.3 is 5.97 Å². The predicted molar refractivity (Wildman–Crippen MR) is 142 cm³/mol. The molecule has 194 valence electrons. The average molecular weight is 504 g/mol. The van der Waals surface area contributed by atoms with Crippen molar-refractivity contribution >= 4 is 35.2 Å². The molecule has 7 heteroatoms. The first-order valence-corrected chi connectivity index (χ1v) is 13.3. The van der Waals surface area contributed by atoms with Crippen molar-refractivity contribution < 1.29 is 24.5 Å². The lowest BCUT2D eigenvalue weighted by molar-refractivity contribution is -0.154. The second-order valence-electron chi connectivity index (χ2n) is 10.4. The summed E-state index contributed by atoms with van der Waals surface area (Å²) < 4.78 is 5.81. The maximum absolute atomic E-state index is 13.2. The summed E-state index contributed by atoms with van der Waals surface area (Å²) in [7, 11) is 0. The number of carbonyl (C=O) groups is 2. The van der Waals surface area contributed by atoms with Gasteiger partial charge in [0, 0.05) is 17.7 Å². The number of hydrogen-bond donors (Lipinski definition) is 2. The summed E-state index contributed by atoms with van der Waals surface area (Å²) in [5, 5.41) is 24.4. The second kappa shape index (κ2) is 12.7. The number of thiazole rings is 1. The van der Waals surface area contributed by atoms with Crippen molar-refractivity contribution in [1.82, 2.24) is 4.98 Å². The van der Waals surface area contributed by atoms with Gasteiger partial charge in [-0.05, 0) is 56.8 Å². The van der Waals surface area contributed by atoms with Gasteiger partial charge in [-0.3, -0.25) is 9.59 Å². The maximum atomic E-state index is 13.2. The van der Waals surface area contributed by atoms with Gasteiger partial charge in [0.2, 0.25) is 0 Å². The molecule has 0 unspecified atom stereocenters. The van der Waals surface area contributed by atoms with E-state index in [-0.39, 0.29) is 18.1 Å². The highest BCUT2D eigenvalue weighted by Crippen LogP contribution is 2.32. The molecular formula is C28H41NO5S. The van der Waals surface area contributed by atoms with Crippen LogP contribution < -0.4 is 0 Å². The van der Waals surface area contributed by atoms with Crippen molar-refractivity contribution in [1.29, 1.82) is 0 Å². The van der Waals surface area contributed by atoms with Crippen LogP contribution in [-0.2, 0) is 14.3 Å². The number of allylic oxidation sites excluding steroid dienone is 1. The number of aliphatic hydroxyl groups excluding tert-OH is 2. The molecule has 0 radical (unpaired) electrons. The molecule has 5 atom stereocenters. The number of ketones is 1. The topological polar surface area (TPSA) is 96.7 Å². The third-order valence-corrected chi connectivity index (χ3v) is 7.98. The first-order chi connectivity index (χ1) is 16.4. The second-order valence-corrected chi connectivity index (χ2v) is 11.3. The first kappa shape index (κ1) is 29.1. The number of carbonyl (C=O) groups excluding carboxylic acids is 2. The van der Waals surface area contributed by atoms with Crippen molar-refractivity contribution in [3.63, 3.8) is 0 Å². The third-order valence-electron chi connectivity index (χ3n) is 7.12. The van der Waals surface area contributed by atoms with Gasteiger partial charge in [-0.2, -0.15) is 0 Å². The average Bonchev–Trinajstić information content (AvgIpc) is 3.26. The Labute approximate surface area is 213 Å². The number of hydrogen-bond acceptors (Lipinski definition) is 7. The lowest BCUT2D eigenvalue weighted by Crippen LogP contribution is -2.45. The van der Waals surface area contributed by atoms with Gasteiger partial charge in [0.25, 0.3) is 0 Å². The standard InChI is InChI=1S/C28H41NO5S/c1-8-24-29-21(16-35-24)14-19(4)22-13-12-17(2)10-9-11-18(3)26(32)20(5)27(33)28(6,7)23(30)15-25(31)34-22/h8,12,14,16,18,20,22-23,26,30,32H,1,9-11,13,15H2,2-7H3/b17-12-,19-14+/t18-,20+,22-,23-,26-/m0/s1. The van der Waals surface area contributed by atoms with Crippen LogP contribution in [0.4, 0.5) is 0 Å². The van der Waals surface area contributed by atoms with Crippen LogP contribution in [-0.4, -0.2) is 45.3 Å². The van der Waals surface area contributed by atoms with E-state index in [2.05, 4.69) is 24.6 Å². The molecule has 35 heavy (non-hydrogen) atoms. The molecule has 0 aliphatic carbocycles. The minimum absolute atomic E-state index is 0.0518. The number of aliphatic hydroxyl groups is 2. The molecule has 2 rings (SSSR count). The zero-order valence-electron chi connectivity index (χ0n) is 21.9. The fourth-order valence-corrected chi connectivity index (χ4v) is 5.03. The lowest BCUT2D eigenvalue weighted by Gasteiger charge is -2.34. The Bertz CT molecular complexity index is 960. The normalized spacial score (nSPS) is 31.4. The molecule has 0 spiro atoms. The smallest absolute Gasteiger partial charge is 0.309 e. The predicted octanol–water partition coefficient (Wildman–Crippen LogP) is 5.60. The number of cyclic esters (lactones) is 1. The molecular weight excluding hydrogens is 462 g/mol. The van der Waals surface area contributed by atoms with Crippen LogP contribution in [0.1, 0.15) is 84.3 Å². The molecule has 1 aromatic heterocycles. The fraction of sp³-hybridized carbons (Fsp3) is 0.607. The van der Waals surface area contributed by atoms with Gasteiger partial charge in [-0.25, -0.2) is 4.98 Å². The molecule has 1 aliphatic rings. The Kier molecular flexibility index (Phi) is 10.6. The van der Waals surface area contributed by atoms with E-state index in [1.807, 2.05) is 25.3 Å². The molecule has 0 amide bonds. The summed E-state index contributed by atoms with van der Waals surface area (Å²) in [6, 6.07) is 0. The van der Waals surface area contributed by atoms with Crippen LogP contribution in [0.15, 0.2) is 29.2 Å². The Morgan fingerprint density at radius 2 is 1.97 bits per heavy atom. The van der Waals surface area contributed by atoms with Gasteiger partial charge in [-0.15, -0.1) is 11.3 Å². The summed E-state index contributed by atoms with van der Waals surface area (Å²) in [4.78, 5) is 30.5. The zero-order chi connectivity index (χ0) is 26.3. The van der Waals surface area contributed by atoms with Crippen LogP contribution in [0.25, 0.3) is 12.2 Å². The number of esters is 1. The lowest BCUT2D eigenvalue weighted by atomic mass is 9.73. The number of Topliss-reactive ketones (excluding diaryl/α,β-unsaturated/α-hetero) is 1. The molecule has 0 saturated heterocycles. The van der Waals surface area contributed by atoms with E-state index < -0.39 is 35.6 Å². The number of rotatable bonds is 3. The van der Waals surface area contributed by atoms with Crippen molar-refractivity contribution in [3.8, 4) is 0 Å². The SMILES string of the molecule is C=Cc1nc(/C=C(\C)[C@@H]2C/C=C(/C)CCC[C@H](C)[C@H](O)[C@@H](C)C(=O)C(C)(C)[C@@H](O)CC(=O)O2)cs1.